The predicted octanol–water partition coefficient (Wildman–Crippen LogP) is 4.86. The maximum Gasteiger partial charge on any atom is 0.00186 e. The fraction of sp³-hybridized carbons (Fsp3) is 0.684. The second-order valence-electron chi connectivity index (χ2n) is 6.46. The van der Waals surface area contributed by atoms with Crippen LogP contribution in [0.15, 0.2) is 24.3 Å². The van der Waals surface area contributed by atoms with E-state index in [4.69, 9.17) is 0 Å². The predicted molar refractivity (Wildman–Crippen MR) is 88.3 cm³/mol. The SMILES string of the molecule is CCCCN(CCCC)C[C@@H]1Cc2ccccc2[C@@H]1C. The topological polar surface area (TPSA) is 3.24 Å². The van der Waals surface area contributed by atoms with Crippen molar-refractivity contribution in [1.29, 1.82) is 0 Å². The van der Waals surface area contributed by atoms with E-state index in [1.165, 1.54) is 51.7 Å². The summed E-state index contributed by atoms with van der Waals surface area (Å²) in [6, 6.07) is 9.06. The molecule has 20 heavy (non-hydrogen) atoms. The second kappa shape index (κ2) is 7.83. The van der Waals surface area contributed by atoms with E-state index < -0.39 is 0 Å². The van der Waals surface area contributed by atoms with Gasteiger partial charge in [-0.05, 0) is 55.3 Å². The maximum atomic E-state index is 2.72. The highest BCUT2D eigenvalue weighted by atomic mass is 15.1. The molecule has 0 unspecified atom stereocenters. The molecule has 2 rings (SSSR count). The molecule has 1 aromatic carbocycles. The summed E-state index contributed by atoms with van der Waals surface area (Å²) >= 11 is 0. The van der Waals surface area contributed by atoms with Crippen molar-refractivity contribution < 1.29 is 0 Å². The highest BCUT2D eigenvalue weighted by molar-refractivity contribution is 5.35. The van der Waals surface area contributed by atoms with Crippen molar-refractivity contribution in [2.24, 2.45) is 5.92 Å². The minimum Gasteiger partial charge on any atom is -0.303 e. The maximum absolute atomic E-state index is 2.72. The minimum absolute atomic E-state index is 0.733. The lowest BCUT2D eigenvalue weighted by Crippen LogP contribution is -2.32. The summed E-state index contributed by atoms with van der Waals surface area (Å²) in [7, 11) is 0. The van der Waals surface area contributed by atoms with Crippen LogP contribution in [0.4, 0.5) is 0 Å². The van der Waals surface area contributed by atoms with Gasteiger partial charge in [0.15, 0.2) is 0 Å². The number of nitrogens with zero attached hydrogens (tertiary/aromatic N) is 1. The van der Waals surface area contributed by atoms with Gasteiger partial charge in [-0.2, -0.15) is 0 Å². The number of benzene rings is 1. The first-order valence-electron chi connectivity index (χ1n) is 8.56. The number of unbranched alkanes of at least 4 members (excludes halogenated alkanes) is 2. The van der Waals surface area contributed by atoms with Crippen molar-refractivity contribution in [3.8, 4) is 0 Å². The molecule has 1 nitrogen and oxygen atoms in total. The van der Waals surface area contributed by atoms with E-state index in [1.54, 1.807) is 11.1 Å². The summed E-state index contributed by atoms with van der Waals surface area (Å²) in [5.41, 5.74) is 3.19. The van der Waals surface area contributed by atoms with E-state index in [2.05, 4.69) is 49.9 Å². The first-order chi connectivity index (χ1) is 9.76. The van der Waals surface area contributed by atoms with Crippen LogP contribution >= 0.6 is 0 Å². The fourth-order valence-electron chi connectivity index (χ4n) is 3.49. The van der Waals surface area contributed by atoms with Gasteiger partial charge in [-0.25, -0.2) is 0 Å². The van der Waals surface area contributed by atoms with Crippen molar-refractivity contribution in [2.45, 2.75) is 58.8 Å². The van der Waals surface area contributed by atoms with Crippen LogP contribution in [0.3, 0.4) is 0 Å². The van der Waals surface area contributed by atoms with Gasteiger partial charge in [-0.3, -0.25) is 0 Å². The summed E-state index contributed by atoms with van der Waals surface area (Å²) in [5.74, 6) is 1.55. The number of hydrogen-bond acceptors (Lipinski definition) is 1. The Morgan fingerprint density at radius 1 is 1.05 bits per heavy atom. The van der Waals surface area contributed by atoms with Crippen LogP contribution in [0, 0.1) is 5.92 Å². The molecule has 0 heterocycles. The van der Waals surface area contributed by atoms with Gasteiger partial charge >= 0.3 is 0 Å². The molecule has 0 saturated heterocycles. The molecule has 0 fully saturated rings. The van der Waals surface area contributed by atoms with Gasteiger partial charge in [0, 0.05) is 6.54 Å². The molecule has 1 heteroatoms. The molecule has 0 radical (unpaired) electrons. The van der Waals surface area contributed by atoms with Crippen molar-refractivity contribution in [1.82, 2.24) is 4.90 Å². The molecule has 2 atom stereocenters. The molecule has 1 aliphatic carbocycles. The highest BCUT2D eigenvalue weighted by Crippen LogP contribution is 2.37. The van der Waals surface area contributed by atoms with Gasteiger partial charge in [-0.1, -0.05) is 57.9 Å². The van der Waals surface area contributed by atoms with E-state index in [0.717, 1.165) is 11.8 Å². The van der Waals surface area contributed by atoms with Crippen LogP contribution in [0.5, 0.6) is 0 Å². The first-order valence-corrected chi connectivity index (χ1v) is 8.56. The molecule has 0 bridgehead atoms. The highest BCUT2D eigenvalue weighted by Gasteiger charge is 2.29. The third-order valence-electron chi connectivity index (χ3n) is 4.88. The molecule has 0 aromatic heterocycles. The fourth-order valence-corrected chi connectivity index (χ4v) is 3.49. The molecule has 112 valence electrons. The van der Waals surface area contributed by atoms with Gasteiger partial charge in [-0.15, -0.1) is 0 Å². The van der Waals surface area contributed by atoms with Crippen LogP contribution in [0.2, 0.25) is 0 Å². The average Bonchev–Trinajstić information content (AvgIpc) is 2.79. The van der Waals surface area contributed by atoms with Crippen molar-refractivity contribution >= 4 is 0 Å². The van der Waals surface area contributed by atoms with Gasteiger partial charge in [0.05, 0.1) is 0 Å². The molecule has 0 amide bonds. The molecule has 0 aliphatic heterocycles. The molecule has 0 spiro atoms. The van der Waals surface area contributed by atoms with Crippen molar-refractivity contribution in [3.63, 3.8) is 0 Å². The second-order valence-corrected chi connectivity index (χ2v) is 6.46. The molecular formula is C19H31N. The van der Waals surface area contributed by atoms with Crippen molar-refractivity contribution in [3.05, 3.63) is 35.4 Å². The summed E-state index contributed by atoms with van der Waals surface area (Å²) in [6.07, 6.45) is 6.59. The van der Waals surface area contributed by atoms with E-state index in [1.807, 2.05) is 0 Å². The average molecular weight is 273 g/mol. The Balaban J connectivity index is 1.94. The molecule has 0 saturated carbocycles. The van der Waals surface area contributed by atoms with Crippen molar-refractivity contribution in [2.75, 3.05) is 19.6 Å². The Kier molecular flexibility index (Phi) is 6.09. The smallest absolute Gasteiger partial charge is 0.00186 e. The van der Waals surface area contributed by atoms with E-state index in [9.17, 15) is 0 Å². The lowest BCUT2D eigenvalue weighted by Gasteiger charge is -2.27. The third kappa shape index (κ3) is 3.85. The Morgan fingerprint density at radius 2 is 1.70 bits per heavy atom. The van der Waals surface area contributed by atoms with Crippen LogP contribution in [-0.2, 0) is 6.42 Å². The summed E-state index contributed by atoms with van der Waals surface area (Å²) in [6.45, 7) is 10.9. The van der Waals surface area contributed by atoms with Gasteiger partial charge in [0.25, 0.3) is 0 Å². The monoisotopic (exact) mass is 273 g/mol. The standard InChI is InChI=1S/C19H31N/c1-4-6-12-20(13-7-5-2)15-18-14-17-10-8-9-11-19(17)16(18)3/h8-11,16,18H,4-7,12-15H2,1-3H3/t16-,18+/m1/s1. The molecule has 0 N–H and O–H groups in total. The number of rotatable bonds is 8. The van der Waals surface area contributed by atoms with E-state index in [-0.39, 0.29) is 0 Å². The third-order valence-corrected chi connectivity index (χ3v) is 4.88. The summed E-state index contributed by atoms with van der Waals surface area (Å²) < 4.78 is 0. The lowest BCUT2D eigenvalue weighted by molar-refractivity contribution is 0.216. The molecular weight excluding hydrogens is 242 g/mol. The Hall–Kier alpha value is -0.820. The van der Waals surface area contributed by atoms with E-state index >= 15 is 0 Å². The first kappa shape index (κ1) is 15.6. The summed E-state index contributed by atoms with van der Waals surface area (Å²) in [4.78, 5) is 2.72. The van der Waals surface area contributed by atoms with Gasteiger partial charge < -0.3 is 4.90 Å². The van der Waals surface area contributed by atoms with Gasteiger partial charge in [0.2, 0.25) is 0 Å². The zero-order chi connectivity index (χ0) is 14.4. The van der Waals surface area contributed by atoms with Crippen LogP contribution < -0.4 is 0 Å². The van der Waals surface area contributed by atoms with Crippen LogP contribution in [0.25, 0.3) is 0 Å². The minimum atomic E-state index is 0.733. The molecule has 1 aromatic rings. The molecule has 1 aliphatic rings. The zero-order valence-corrected chi connectivity index (χ0v) is 13.6. The van der Waals surface area contributed by atoms with E-state index in [0.29, 0.717) is 0 Å². The number of fused-ring (bicyclic) bond motifs is 1. The van der Waals surface area contributed by atoms with Crippen LogP contribution in [0.1, 0.15) is 63.5 Å². The zero-order valence-electron chi connectivity index (χ0n) is 13.6. The van der Waals surface area contributed by atoms with Gasteiger partial charge in [0.1, 0.15) is 0 Å². The lowest BCUT2D eigenvalue weighted by atomic mass is 9.94. The van der Waals surface area contributed by atoms with Crippen LogP contribution in [-0.4, -0.2) is 24.5 Å². The largest absolute Gasteiger partial charge is 0.303 e. The Bertz CT molecular complexity index is 391. The Labute approximate surface area is 125 Å². The number of hydrogen-bond donors (Lipinski definition) is 0. The quantitative estimate of drug-likeness (QED) is 0.653. The Morgan fingerprint density at radius 3 is 2.30 bits per heavy atom. The normalized spacial score (nSPS) is 21.4. The summed E-state index contributed by atoms with van der Waals surface area (Å²) in [5, 5.41) is 0.